The topological polar surface area (TPSA) is 32.8 Å². The second-order valence-corrected chi connectivity index (χ2v) is 9.00. The Morgan fingerprint density at radius 2 is 1.45 bits per heavy atom. The molecule has 1 aliphatic rings. The van der Waals surface area contributed by atoms with Crippen molar-refractivity contribution < 1.29 is 22.7 Å². The molecule has 3 aromatic rings. The van der Waals surface area contributed by atoms with Crippen molar-refractivity contribution >= 4 is 40.6 Å². The average Bonchev–Trinajstić information content (AvgIpc) is 2.92. The van der Waals surface area contributed by atoms with Gasteiger partial charge in [-0.05, 0) is 67.9 Å². The van der Waals surface area contributed by atoms with Gasteiger partial charge in [-0.25, -0.2) is 4.79 Å². The number of rotatable bonds is 4. The number of benzene rings is 3. The SMILES string of the molecule is CC1(C)[C@@H](c2cccc(OC(F)(F)F)c2)N(c2cccc(Cl)c2)C(=O)N1c1cccc(Cl)c1. The summed E-state index contributed by atoms with van der Waals surface area (Å²) in [6, 6.07) is 18.2. The number of ether oxygens (including phenoxy) is 1. The number of urea groups is 1. The lowest BCUT2D eigenvalue weighted by atomic mass is 9.87. The van der Waals surface area contributed by atoms with Crippen molar-refractivity contribution in [3.05, 3.63) is 88.4 Å². The second-order valence-electron chi connectivity index (χ2n) is 8.12. The first-order valence-corrected chi connectivity index (χ1v) is 10.7. The maximum Gasteiger partial charge on any atom is 0.573 e. The van der Waals surface area contributed by atoms with Crippen LogP contribution in [0.4, 0.5) is 29.3 Å². The van der Waals surface area contributed by atoms with Crippen molar-refractivity contribution in [3.63, 3.8) is 0 Å². The molecule has 4 nitrogen and oxygen atoms in total. The number of carbonyl (C=O) groups excluding carboxylic acids is 1. The zero-order chi connectivity index (χ0) is 24.0. The van der Waals surface area contributed by atoms with Crippen LogP contribution < -0.4 is 14.5 Å². The maximum atomic E-state index is 13.8. The van der Waals surface area contributed by atoms with Crippen molar-refractivity contribution in [1.29, 1.82) is 0 Å². The van der Waals surface area contributed by atoms with Crippen molar-refractivity contribution in [2.75, 3.05) is 9.80 Å². The summed E-state index contributed by atoms with van der Waals surface area (Å²) in [6.45, 7) is 3.69. The summed E-state index contributed by atoms with van der Waals surface area (Å²) < 4.78 is 42.7. The maximum absolute atomic E-state index is 13.8. The van der Waals surface area contributed by atoms with E-state index in [1.807, 2.05) is 13.8 Å². The number of nitrogens with zero attached hydrogens (tertiary/aromatic N) is 2. The quantitative estimate of drug-likeness (QED) is 0.369. The molecule has 0 bridgehead atoms. The standard InChI is InChI=1S/C24H19Cl2F3N2O2/c1-23(2)21(15-6-3-11-20(12-15)33-24(27,28)29)30(18-9-4-7-16(25)13-18)22(32)31(23)19-10-5-8-17(26)14-19/h3-14,21H,1-2H3/t21-/m1/s1. The summed E-state index contributed by atoms with van der Waals surface area (Å²) in [6.07, 6.45) is -4.83. The summed E-state index contributed by atoms with van der Waals surface area (Å²) in [5.74, 6) is -0.365. The predicted molar refractivity (Wildman–Crippen MR) is 123 cm³/mol. The van der Waals surface area contributed by atoms with E-state index in [-0.39, 0.29) is 11.8 Å². The Balaban J connectivity index is 1.88. The van der Waals surface area contributed by atoms with Gasteiger partial charge in [-0.1, -0.05) is 47.5 Å². The highest BCUT2D eigenvalue weighted by Crippen LogP contribution is 2.48. The molecule has 33 heavy (non-hydrogen) atoms. The predicted octanol–water partition coefficient (Wildman–Crippen LogP) is 7.86. The monoisotopic (exact) mass is 494 g/mol. The first-order chi connectivity index (χ1) is 15.5. The molecule has 0 saturated carbocycles. The molecule has 1 heterocycles. The Hall–Kier alpha value is -2.90. The fourth-order valence-electron chi connectivity index (χ4n) is 4.29. The van der Waals surface area contributed by atoms with E-state index in [4.69, 9.17) is 23.2 Å². The summed E-state index contributed by atoms with van der Waals surface area (Å²) >= 11 is 12.4. The van der Waals surface area contributed by atoms with Crippen LogP contribution >= 0.6 is 23.2 Å². The number of alkyl halides is 3. The van der Waals surface area contributed by atoms with E-state index in [0.29, 0.717) is 27.0 Å². The molecule has 1 fully saturated rings. The highest BCUT2D eigenvalue weighted by atomic mass is 35.5. The molecule has 1 saturated heterocycles. The third kappa shape index (κ3) is 4.61. The molecule has 1 atom stereocenters. The minimum absolute atomic E-state index is 0.364. The number of anilines is 2. The highest BCUT2D eigenvalue weighted by molar-refractivity contribution is 6.31. The smallest absolute Gasteiger partial charge is 0.406 e. The van der Waals surface area contributed by atoms with E-state index in [9.17, 15) is 18.0 Å². The van der Waals surface area contributed by atoms with Gasteiger partial charge in [0.05, 0.1) is 11.6 Å². The Labute approximate surface area is 199 Å². The molecule has 0 aromatic heterocycles. The first kappa shape index (κ1) is 23.3. The largest absolute Gasteiger partial charge is 0.573 e. The summed E-state index contributed by atoms with van der Waals surface area (Å²) in [5, 5.41) is 0.877. The van der Waals surface area contributed by atoms with Crippen LogP contribution in [0.1, 0.15) is 25.5 Å². The van der Waals surface area contributed by atoms with Gasteiger partial charge in [0.15, 0.2) is 0 Å². The summed E-state index contributed by atoms with van der Waals surface area (Å²) in [7, 11) is 0. The van der Waals surface area contributed by atoms with Crippen LogP contribution in [0.25, 0.3) is 0 Å². The lowest BCUT2D eigenvalue weighted by Gasteiger charge is -2.35. The van der Waals surface area contributed by atoms with Crippen molar-refractivity contribution in [1.82, 2.24) is 0 Å². The van der Waals surface area contributed by atoms with Crippen LogP contribution in [0.15, 0.2) is 72.8 Å². The molecule has 0 unspecified atom stereocenters. The minimum Gasteiger partial charge on any atom is -0.406 e. The molecule has 2 amide bonds. The Kier molecular flexibility index (Phi) is 5.97. The van der Waals surface area contributed by atoms with Gasteiger partial charge >= 0.3 is 12.4 Å². The molecular formula is C24H19Cl2F3N2O2. The van der Waals surface area contributed by atoms with E-state index >= 15 is 0 Å². The molecule has 4 rings (SSSR count). The summed E-state index contributed by atoms with van der Waals surface area (Å²) in [5.41, 5.74) is 0.660. The normalized spacial score (nSPS) is 18.0. The van der Waals surface area contributed by atoms with Gasteiger partial charge in [-0.3, -0.25) is 9.80 Å². The lowest BCUT2D eigenvalue weighted by molar-refractivity contribution is -0.274. The number of amides is 2. The third-order valence-corrected chi connectivity index (χ3v) is 5.93. The third-order valence-electron chi connectivity index (χ3n) is 5.46. The fraction of sp³-hybridized carbons (Fsp3) is 0.208. The average molecular weight is 495 g/mol. The van der Waals surface area contributed by atoms with Gasteiger partial charge in [0, 0.05) is 21.4 Å². The van der Waals surface area contributed by atoms with Crippen LogP contribution in [0.3, 0.4) is 0 Å². The van der Waals surface area contributed by atoms with Crippen molar-refractivity contribution in [2.45, 2.75) is 31.8 Å². The van der Waals surface area contributed by atoms with Crippen LogP contribution in [0, 0.1) is 0 Å². The highest BCUT2D eigenvalue weighted by Gasteiger charge is 2.53. The Bertz CT molecular complexity index is 1200. The summed E-state index contributed by atoms with van der Waals surface area (Å²) in [4.78, 5) is 16.9. The van der Waals surface area contributed by atoms with E-state index in [1.54, 1.807) is 59.5 Å². The molecule has 0 N–H and O–H groups in total. The van der Waals surface area contributed by atoms with Crippen LogP contribution in [-0.2, 0) is 0 Å². The molecule has 3 aromatic carbocycles. The molecule has 0 aliphatic carbocycles. The van der Waals surface area contributed by atoms with Gasteiger partial charge in [-0.2, -0.15) is 0 Å². The zero-order valence-electron chi connectivity index (χ0n) is 17.6. The molecular weight excluding hydrogens is 476 g/mol. The van der Waals surface area contributed by atoms with Crippen molar-refractivity contribution in [2.24, 2.45) is 0 Å². The zero-order valence-corrected chi connectivity index (χ0v) is 19.1. The van der Waals surface area contributed by atoms with E-state index in [1.165, 1.54) is 23.1 Å². The lowest BCUT2D eigenvalue weighted by Crippen LogP contribution is -2.43. The second kappa shape index (κ2) is 8.47. The molecule has 0 radical (unpaired) electrons. The van der Waals surface area contributed by atoms with Gasteiger partial charge < -0.3 is 4.74 Å². The van der Waals surface area contributed by atoms with Gasteiger partial charge in [-0.15, -0.1) is 13.2 Å². The van der Waals surface area contributed by atoms with Crippen molar-refractivity contribution in [3.8, 4) is 5.75 Å². The van der Waals surface area contributed by atoms with E-state index in [0.717, 1.165) is 0 Å². The minimum atomic E-state index is -4.83. The molecule has 9 heteroatoms. The van der Waals surface area contributed by atoms with Crippen LogP contribution in [0.5, 0.6) is 5.75 Å². The van der Waals surface area contributed by atoms with Crippen LogP contribution in [-0.4, -0.2) is 17.9 Å². The van der Waals surface area contributed by atoms with Gasteiger partial charge in [0.25, 0.3) is 0 Å². The number of halogens is 5. The van der Waals surface area contributed by atoms with Gasteiger partial charge in [0.1, 0.15) is 5.75 Å². The van der Waals surface area contributed by atoms with E-state index < -0.39 is 17.9 Å². The Morgan fingerprint density at radius 1 is 0.879 bits per heavy atom. The van der Waals surface area contributed by atoms with Crippen LogP contribution in [0.2, 0.25) is 10.0 Å². The number of carbonyl (C=O) groups is 1. The molecule has 0 spiro atoms. The fourth-order valence-corrected chi connectivity index (χ4v) is 4.65. The molecule has 1 aliphatic heterocycles. The van der Waals surface area contributed by atoms with Gasteiger partial charge in [0.2, 0.25) is 0 Å². The number of hydrogen-bond acceptors (Lipinski definition) is 2. The first-order valence-electron chi connectivity index (χ1n) is 9.97. The molecule has 172 valence electrons. The number of hydrogen-bond donors (Lipinski definition) is 0. The Morgan fingerprint density at radius 3 is 2.06 bits per heavy atom. The van der Waals surface area contributed by atoms with E-state index in [2.05, 4.69) is 4.74 Å².